The highest BCUT2D eigenvalue weighted by atomic mass is 16.4. The lowest BCUT2D eigenvalue weighted by atomic mass is 10.1. The summed E-state index contributed by atoms with van der Waals surface area (Å²) in [7, 11) is 0. The van der Waals surface area contributed by atoms with Crippen LogP contribution in [0, 0.1) is 0 Å². The number of ketones is 1. The van der Waals surface area contributed by atoms with Crippen molar-refractivity contribution in [2.24, 2.45) is 0 Å². The SMILES string of the molecule is CCCCCCCCCC(=O)Nc1ccc(C(=O)CCC(=O)O)cc1. The lowest BCUT2D eigenvalue weighted by Crippen LogP contribution is -2.11. The van der Waals surface area contributed by atoms with Crippen molar-refractivity contribution in [3.8, 4) is 0 Å². The molecule has 5 heteroatoms. The Morgan fingerprint density at radius 2 is 1.44 bits per heavy atom. The van der Waals surface area contributed by atoms with Crippen LogP contribution in [0.1, 0.15) is 81.5 Å². The highest BCUT2D eigenvalue weighted by molar-refractivity contribution is 5.98. The first-order chi connectivity index (χ1) is 12.0. The van der Waals surface area contributed by atoms with Gasteiger partial charge in [-0.15, -0.1) is 0 Å². The van der Waals surface area contributed by atoms with E-state index in [0.29, 0.717) is 17.7 Å². The molecule has 0 spiro atoms. The van der Waals surface area contributed by atoms with Crippen LogP contribution in [0.2, 0.25) is 0 Å². The number of carboxylic acid groups (broad SMARTS) is 1. The van der Waals surface area contributed by atoms with Crippen LogP contribution in [0.5, 0.6) is 0 Å². The third-order valence-corrected chi connectivity index (χ3v) is 4.06. The predicted molar refractivity (Wildman–Crippen MR) is 98.9 cm³/mol. The first kappa shape index (κ1) is 20.9. The largest absolute Gasteiger partial charge is 0.481 e. The van der Waals surface area contributed by atoms with E-state index in [4.69, 9.17) is 5.11 Å². The molecule has 0 radical (unpaired) electrons. The number of Topliss-reactive ketones (excluding diaryl/α,β-unsaturated/α-hetero) is 1. The van der Waals surface area contributed by atoms with Gasteiger partial charge >= 0.3 is 5.97 Å². The van der Waals surface area contributed by atoms with Gasteiger partial charge in [0.05, 0.1) is 6.42 Å². The molecule has 2 N–H and O–H groups in total. The summed E-state index contributed by atoms with van der Waals surface area (Å²) in [5, 5.41) is 11.4. The molecule has 0 aliphatic carbocycles. The molecule has 0 saturated carbocycles. The van der Waals surface area contributed by atoms with E-state index in [9.17, 15) is 14.4 Å². The average molecular weight is 347 g/mol. The van der Waals surface area contributed by atoms with Crippen molar-refractivity contribution in [3.63, 3.8) is 0 Å². The number of rotatable bonds is 13. The Bertz CT molecular complexity index is 551. The van der Waals surface area contributed by atoms with E-state index in [1.807, 2.05) is 0 Å². The molecule has 0 aliphatic rings. The van der Waals surface area contributed by atoms with Crippen LogP contribution >= 0.6 is 0 Å². The summed E-state index contributed by atoms with van der Waals surface area (Å²) >= 11 is 0. The fourth-order valence-corrected chi connectivity index (χ4v) is 2.57. The zero-order valence-electron chi connectivity index (χ0n) is 15.1. The number of anilines is 1. The number of nitrogens with one attached hydrogen (secondary N) is 1. The number of unbranched alkanes of at least 4 members (excludes halogenated alkanes) is 6. The lowest BCUT2D eigenvalue weighted by molar-refractivity contribution is -0.137. The van der Waals surface area contributed by atoms with Crippen LogP contribution < -0.4 is 5.32 Å². The molecule has 0 aromatic heterocycles. The van der Waals surface area contributed by atoms with Crippen LogP contribution in [-0.4, -0.2) is 22.8 Å². The highest BCUT2D eigenvalue weighted by Crippen LogP contribution is 2.13. The summed E-state index contributed by atoms with van der Waals surface area (Å²) in [4.78, 5) is 34.2. The number of amides is 1. The Labute approximate surface area is 149 Å². The zero-order chi connectivity index (χ0) is 18.5. The molecule has 0 heterocycles. The van der Waals surface area contributed by atoms with Crippen molar-refractivity contribution in [2.75, 3.05) is 5.32 Å². The maximum Gasteiger partial charge on any atom is 0.303 e. The van der Waals surface area contributed by atoms with Crippen LogP contribution in [0.15, 0.2) is 24.3 Å². The summed E-state index contributed by atoms with van der Waals surface area (Å²) in [5.41, 5.74) is 1.12. The Hall–Kier alpha value is -2.17. The van der Waals surface area contributed by atoms with Crippen molar-refractivity contribution in [1.29, 1.82) is 0 Å². The van der Waals surface area contributed by atoms with E-state index in [1.165, 1.54) is 32.1 Å². The van der Waals surface area contributed by atoms with E-state index >= 15 is 0 Å². The smallest absolute Gasteiger partial charge is 0.303 e. The molecule has 25 heavy (non-hydrogen) atoms. The fourth-order valence-electron chi connectivity index (χ4n) is 2.57. The molecule has 0 aliphatic heterocycles. The van der Waals surface area contributed by atoms with E-state index in [1.54, 1.807) is 24.3 Å². The average Bonchev–Trinajstić information content (AvgIpc) is 2.59. The Morgan fingerprint density at radius 1 is 0.840 bits per heavy atom. The fraction of sp³-hybridized carbons (Fsp3) is 0.550. The molecule has 1 aromatic rings. The second kappa shape index (κ2) is 12.2. The number of aliphatic carboxylic acids is 1. The summed E-state index contributed by atoms with van der Waals surface area (Å²) in [5.74, 6) is -1.20. The molecule has 0 unspecified atom stereocenters. The van der Waals surface area contributed by atoms with Crippen LogP contribution in [-0.2, 0) is 9.59 Å². The van der Waals surface area contributed by atoms with Crippen LogP contribution in [0.4, 0.5) is 5.69 Å². The van der Waals surface area contributed by atoms with Gasteiger partial charge in [-0.25, -0.2) is 0 Å². The van der Waals surface area contributed by atoms with Gasteiger partial charge in [0, 0.05) is 24.1 Å². The number of hydrogen-bond donors (Lipinski definition) is 2. The third kappa shape index (κ3) is 9.65. The molecule has 0 bridgehead atoms. The van der Waals surface area contributed by atoms with Crippen LogP contribution in [0.3, 0.4) is 0 Å². The van der Waals surface area contributed by atoms with Gasteiger partial charge in [-0.3, -0.25) is 14.4 Å². The molecule has 1 aromatic carbocycles. The van der Waals surface area contributed by atoms with Crippen molar-refractivity contribution < 1.29 is 19.5 Å². The normalized spacial score (nSPS) is 10.4. The van der Waals surface area contributed by atoms with Crippen molar-refractivity contribution >= 4 is 23.3 Å². The second-order valence-corrected chi connectivity index (χ2v) is 6.31. The zero-order valence-corrected chi connectivity index (χ0v) is 15.1. The summed E-state index contributed by atoms with van der Waals surface area (Å²) < 4.78 is 0. The molecule has 138 valence electrons. The standard InChI is InChI=1S/C20H29NO4/c1-2-3-4-5-6-7-8-9-19(23)21-17-12-10-16(11-13-17)18(22)14-15-20(24)25/h10-13H,2-9,14-15H2,1H3,(H,21,23)(H,24,25). The lowest BCUT2D eigenvalue weighted by Gasteiger charge is -2.06. The van der Waals surface area contributed by atoms with Gasteiger partial charge in [0.2, 0.25) is 5.91 Å². The maximum absolute atomic E-state index is 11.9. The Balaban J connectivity index is 2.26. The minimum absolute atomic E-state index is 0.0146. The van der Waals surface area contributed by atoms with Gasteiger partial charge in [-0.2, -0.15) is 0 Å². The highest BCUT2D eigenvalue weighted by Gasteiger charge is 2.09. The van der Waals surface area contributed by atoms with Gasteiger partial charge in [-0.05, 0) is 30.7 Å². The molecular weight excluding hydrogens is 318 g/mol. The van der Waals surface area contributed by atoms with Gasteiger partial charge < -0.3 is 10.4 Å². The first-order valence-electron chi connectivity index (χ1n) is 9.18. The van der Waals surface area contributed by atoms with Crippen molar-refractivity contribution in [1.82, 2.24) is 0 Å². The van der Waals surface area contributed by atoms with Crippen molar-refractivity contribution in [3.05, 3.63) is 29.8 Å². The summed E-state index contributed by atoms with van der Waals surface area (Å²) in [6, 6.07) is 6.59. The monoisotopic (exact) mass is 347 g/mol. The molecule has 5 nitrogen and oxygen atoms in total. The minimum atomic E-state index is -0.984. The van der Waals surface area contributed by atoms with Gasteiger partial charge in [-0.1, -0.05) is 45.4 Å². The summed E-state index contributed by atoms with van der Waals surface area (Å²) in [6.07, 6.45) is 8.52. The molecule has 1 rings (SSSR count). The summed E-state index contributed by atoms with van der Waals surface area (Å²) in [6.45, 7) is 2.20. The first-order valence-corrected chi connectivity index (χ1v) is 9.18. The number of carbonyl (C=O) groups excluding carboxylic acids is 2. The van der Waals surface area contributed by atoms with E-state index in [2.05, 4.69) is 12.2 Å². The molecular formula is C20H29NO4. The molecule has 0 saturated heterocycles. The third-order valence-electron chi connectivity index (χ3n) is 4.06. The molecule has 0 atom stereocenters. The molecule has 0 fully saturated rings. The van der Waals surface area contributed by atoms with E-state index < -0.39 is 5.97 Å². The minimum Gasteiger partial charge on any atom is -0.481 e. The molecule has 1 amide bonds. The Morgan fingerprint density at radius 3 is 2.04 bits per heavy atom. The number of hydrogen-bond acceptors (Lipinski definition) is 3. The number of carboxylic acids is 1. The van der Waals surface area contributed by atoms with Crippen molar-refractivity contribution in [2.45, 2.75) is 71.1 Å². The quantitative estimate of drug-likeness (QED) is 0.396. The van der Waals surface area contributed by atoms with Crippen LogP contribution in [0.25, 0.3) is 0 Å². The van der Waals surface area contributed by atoms with Gasteiger partial charge in [0.1, 0.15) is 0 Å². The van der Waals surface area contributed by atoms with Gasteiger partial charge in [0.25, 0.3) is 0 Å². The van der Waals surface area contributed by atoms with Gasteiger partial charge in [0.15, 0.2) is 5.78 Å². The Kier molecular flexibility index (Phi) is 10.2. The van der Waals surface area contributed by atoms with E-state index in [-0.39, 0.29) is 24.5 Å². The predicted octanol–water partition coefficient (Wildman–Crippen LogP) is 4.81. The maximum atomic E-state index is 11.9. The number of carbonyl (C=O) groups is 3. The number of benzene rings is 1. The topological polar surface area (TPSA) is 83.5 Å². The van der Waals surface area contributed by atoms with E-state index in [0.717, 1.165) is 12.8 Å². The second-order valence-electron chi connectivity index (χ2n) is 6.31.